The van der Waals surface area contributed by atoms with Crippen molar-refractivity contribution in [1.29, 1.82) is 0 Å². The standard InChI is InChI=1S/C39H42O4/c1-9-26(5)38(41)37-24-34(20-22-36(37)27(6)40)43-32-17-13-30(14-18-32)39(7,8)29-11-15-31(16-12-29)42-33-19-21-35(25(3)4)28(10-2)23-33/h11-24,26H,3,9-10H2,1-2,4-8H3. The molecule has 0 saturated carbocycles. The number of carbonyl (C=O) groups is 2. The molecule has 4 aromatic carbocycles. The monoisotopic (exact) mass is 574 g/mol. The fourth-order valence-electron chi connectivity index (χ4n) is 5.21. The summed E-state index contributed by atoms with van der Waals surface area (Å²) in [5.41, 5.74) is 6.34. The van der Waals surface area contributed by atoms with Gasteiger partial charge in [-0.2, -0.15) is 0 Å². The van der Waals surface area contributed by atoms with Crippen LogP contribution in [0.2, 0.25) is 0 Å². The Morgan fingerprint density at radius 3 is 1.60 bits per heavy atom. The Morgan fingerprint density at radius 2 is 1.16 bits per heavy atom. The lowest BCUT2D eigenvalue weighted by molar-refractivity contribution is 0.0915. The molecule has 0 aliphatic heterocycles. The van der Waals surface area contributed by atoms with E-state index in [1.807, 2.05) is 51.1 Å². The van der Waals surface area contributed by atoms with Crippen LogP contribution in [-0.2, 0) is 11.8 Å². The van der Waals surface area contributed by atoms with Crippen LogP contribution in [0, 0.1) is 5.92 Å². The maximum atomic E-state index is 12.9. The van der Waals surface area contributed by atoms with Gasteiger partial charge in [0.05, 0.1) is 0 Å². The Hall–Kier alpha value is -4.44. The zero-order chi connectivity index (χ0) is 31.3. The fraction of sp³-hybridized carbons (Fsp3) is 0.282. The van der Waals surface area contributed by atoms with Crippen molar-refractivity contribution in [1.82, 2.24) is 0 Å². The van der Waals surface area contributed by atoms with E-state index in [0.29, 0.717) is 29.0 Å². The largest absolute Gasteiger partial charge is 0.457 e. The van der Waals surface area contributed by atoms with Gasteiger partial charge in [0.2, 0.25) is 0 Å². The van der Waals surface area contributed by atoms with Crippen molar-refractivity contribution in [3.05, 3.63) is 125 Å². The molecule has 0 aromatic heterocycles. The van der Waals surface area contributed by atoms with Crippen LogP contribution in [-0.4, -0.2) is 11.6 Å². The highest BCUT2D eigenvalue weighted by Gasteiger charge is 2.24. The van der Waals surface area contributed by atoms with E-state index in [4.69, 9.17) is 9.47 Å². The molecule has 222 valence electrons. The molecule has 0 heterocycles. The zero-order valence-corrected chi connectivity index (χ0v) is 26.4. The van der Waals surface area contributed by atoms with E-state index in [-0.39, 0.29) is 22.9 Å². The molecule has 0 bridgehead atoms. The van der Waals surface area contributed by atoms with E-state index in [9.17, 15) is 9.59 Å². The van der Waals surface area contributed by atoms with E-state index in [1.54, 1.807) is 18.2 Å². The summed E-state index contributed by atoms with van der Waals surface area (Å²) in [7, 11) is 0. The molecule has 4 nitrogen and oxygen atoms in total. The van der Waals surface area contributed by atoms with E-state index in [2.05, 4.69) is 63.7 Å². The minimum absolute atomic E-state index is 0.0435. The van der Waals surface area contributed by atoms with E-state index < -0.39 is 0 Å². The molecule has 0 aliphatic carbocycles. The third-order valence-corrected chi connectivity index (χ3v) is 8.24. The van der Waals surface area contributed by atoms with Gasteiger partial charge in [-0.05, 0) is 104 Å². The number of hydrogen-bond donors (Lipinski definition) is 0. The average Bonchev–Trinajstić information content (AvgIpc) is 3.00. The highest BCUT2D eigenvalue weighted by molar-refractivity contribution is 6.09. The van der Waals surface area contributed by atoms with Gasteiger partial charge in [0.15, 0.2) is 11.6 Å². The first-order valence-electron chi connectivity index (χ1n) is 15.0. The SMILES string of the molecule is C=C(C)c1ccc(Oc2ccc(C(C)(C)c3ccc(Oc4ccc(C(C)=O)c(C(=O)C(C)CC)c4)cc3)cc2)cc1CC. The van der Waals surface area contributed by atoms with Crippen LogP contribution < -0.4 is 9.47 Å². The number of hydrogen-bond acceptors (Lipinski definition) is 4. The highest BCUT2D eigenvalue weighted by atomic mass is 16.5. The summed E-state index contributed by atoms with van der Waals surface area (Å²) in [5, 5.41) is 0. The number of carbonyl (C=O) groups excluding carboxylic acids is 2. The van der Waals surface area contributed by atoms with Crippen molar-refractivity contribution in [3.8, 4) is 23.0 Å². The smallest absolute Gasteiger partial charge is 0.166 e. The molecule has 1 unspecified atom stereocenters. The van der Waals surface area contributed by atoms with Crippen LogP contribution in [0.1, 0.15) is 97.9 Å². The van der Waals surface area contributed by atoms with Crippen LogP contribution in [0.5, 0.6) is 23.0 Å². The molecule has 4 heteroatoms. The molecular weight excluding hydrogens is 532 g/mol. The van der Waals surface area contributed by atoms with Gasteiger partial charge in [0, 0.05) is 22.5 Å². The lowest BCUT2D eigenvalue weighted by Gasteiger charge is -2.26. The number of ketones is 2. The minimum atomic E-state index is -0.255. The van der Waals surface area contributed by atoms with Gasteiger partial charge in [-0.15, -0.1) is 0 Å². The van der Waals surface area contributed by atoms with Crippen molar-refractivity contribution in [2.75, 3.05) is 0 Å². The molecule has 0 amide bonds. The normalized spacial score (nSPS) is 12.0. The Balaban J connectivity index is 1.49. The Labute approximate surface area is 256 Å². The first kappa shape index (κ1) is 31.5. The Morgan fingerprint density at radius 1 is 0.698 bits per heavy atom. The fourth-order valence-corrected chi connectivity index (χ4v) is 5.21. The molecule has 43 heavy (non-hydrogen) atoms. The lowest BCUT2D eigenvalue weighted by Crippen LogP contribution is -2.18. The van der Waals surface area contributed by atoms with Crippen molar-refractivity contribution in [3.63, 3.8) is 0 Å². The highest BCUT2D eigenvalue weighted by Crippen LogP contribution is 2.35. The van der Waals surface area contributed by atoms with E-state index in [1.165, 1.54) is 18.1 Å². The number of aryl methyl sites for hydroxylation is 1. The topological polar surface area (TPSA) is 52.6 Å². The van der Waals surface area contributed by atoms with Crippen LogP contribution >= 0.6 is 0 Å². The summed E-state index contributed by atoms with van der Waals surface area (Å²) in [6.07, 6.45) is 1.62. The molecule has 4 rings (SSSR count). The first-order chi connectivity index (χ1) is 20.4. The quantitative estimate of drug-likeness (QED) is 0.158. The predicted octanol–water partition coefficient (Wildman–Crippen LogP) is 10.6. The van der Waals surface area contributed by atoms with Crippen LogP contribution in [0.15, 0.2) is 91.5 Å². The Bertz CT molecular complexity index is 1630. The van der Waals surface area contributed by atoms with Crippen LogP contribution in [0.25, 0.3) is 5.57 Å². The van der Waals surface area contributed by atoms with E-state index >= 15 is 0 Å². The summed E-state index contributed by atoms with van der Waals surface area (Å²) < 4.78 is 12.3. The third kappa shape index (κ3) is 7.14. The number of rotatable bonds is 12. The summed E-state index contributed by atoms with van der Waals surface area (Å²) in [5.74, 6) is 2.44. The lowest BCUT2D eigenvalue weighted by atomic mass is 9.78. The van der Waals surface area contributed by atoms with Gasteiger partial charge in [-0.1, -0.05) is 77.1 Å². The zero-order valence-electron chi connectivity index (χ0n) is 26.4. The molecular formula is C39H42O4. The van der Waals surface area contributed by atoms with Gasteiger partial charge in [0.1, 0.15) is 23.0 Å². The summed E-state index contributed by atoms with van der Waals surface area (Å²) in [6.45, 7) is 18.0. The second-order valence-corrected chi connectivity index (χ2v) is 11.8. The van der Waals surface area contributed by atoms with Crippen molar-refractivity contribution in [2.45, 2.75) is 66.7 Å². The van der Waals surface area contributed by atoms with Crippen molar-refractivity contribution in [2.24, 2.45) is 5.92 Å². The van der Waals surface area contributed by atoms with Gasteiger partial charge < -0.3 is 9.47 Å². The third-order valence-electron chi connectivity index (χ3n) is 8.24. The molecule has 1 atom stereocenters. The molecule has 0 N–H and O–H groups in total. The molecule has 0 fully saturated rings. The Kier molecular flexibility index (Phi) is 9.70. The van der Waals surface area contributed by atoms with Crippen LogP contribution in [0.3, 0.4) is 0 Å². The second kappa shape index (κ2) is 13.2. The average molecular weight is 575 g/mol. The minimum Gasteiger partial charge on any atom is -0.457 e. The molecule has 0 spiro atoms. The molecule has 0 saturated heterocycles. The van der Waals surface area contributed by atoms with Crippen LogP contribution in [0.4, 0.5) is 0 Å². The molecule has 4 aromatic rings. The number of allylic oxidation sites excluding steroid dienone is 1. The maximum Gasteiger partial charge on any atom is 0.166 e. The first-order valence-corrected chi connectivity index (χ1v) is 15.0. The van der Waals surface area contributed by atoms with Gasteiger partial charge in [-0.25, -0.2) is 0 Å². The van der Waals surface area contributed by atoms with Gasteiger partial charge in [0.25, 0.3) is 0 Å². The number of benzene rings is 4. The van der Waals surface area contributed by atoms with Gasteiger partial charge in [-0.3, -0.25) is 9.59 Å². The molecule has 0 aliphatic rings. The second-order valence-electron chi connectivity index (χ2n) is 11.8. The van der Waals surface area contributed by atoms with Gasteiger partial charge >= 0.3 is 0 Å². The number of ether oxygens (including phenoxy) is 2. The maximum absolute atomic E-state index is 12.9. The predicted molar refractivity (Wildman–Crippen MR) is 176 cm³/mol. The number of Topliss-reactive ketones (excluding diaryl/α,β-unsaturated/α-hetero) is 2. The van der Waals surface area contributed by atoms with E-state index in [0.717, 1.165) is 34.6 Å². The summed E-state index contributed by atoms with van der Waals surface area (Å²) in [4.78, 5) is 25.1. The summed E-state index contributed by atoms with van der Waals surface area (Å²) in [6, 6.07) is 27.5. The summed E-state index contributed by atoms with van der Waals surface area (Å²) >= 11 is 0. The van der Waals surface area contributed by atoms with Crippen molar-refractivity contribution < 1.29 is 19.1 Å². The molecule has 0 radical (unpaired) electrons. The van der Waals surface area contributed by atoms with Crippen molar-refractivity contribution >= 4 is 17.1 Å².